The quantitative estimate of drug-likeness (QED) is 0.163. The van der Waals surface area contributed by atoms with E-state index in [1.54, 1.807) is 20.8 Å². The number of hydrogen-bond acceptors (Lipinski definition) is 6. The smallest absolute Gasteiger partial charge is 0.0535 e. The minimum Gasteiger partial charge on any atom is -0.396 e. The van der Waals surface area contributed by atoms with Crippen molar-refractivity contribution in [1.29, 1.82) is 0 Å². The molecule has 5 N–H and O–H groups in total. The van der Waals surface area contributed by atoms with Gasteiger partial charge in [0.2, 0.25) is 0 Å². The Morgan fingerprint density at radius 2 is 0.641 bits per heavy atom. The van der Waals surface area contributed by atoms with Crippen LogP contribution in [0, 0.1) is 17.8 Å². The van der Waals surface area contributed by atoms with Gasteiger partial charge >= 0.3 is 0 Å². The molecule has 0 saturated heterocycles. The van der Waals surface area contributed by atoms with Crippen molar-refractivity contribution in [2.45, 2.75) is 192 Å². The van der Waals surface area contributed by atoms with Gasteiger partial charge in [0.15, 0.2) is 0 Å². The zero-order valence-corrected chi connectivity index (χ0v) is 24.9. The molecule has 0 fully saturated rings. The van der Waals surface area contributed by atoms with Gasteiger partial charge in [0, 0.05) is 6.61 Å². The third-order valence-electron chi connectivity index (χ3n) is 3.82. The first-order chi connectivity index (χ1) is 14.5. The molecule has 3 atom stereocenters. The second-order valence-corrected chi connectivity index (χ2v) is 9.49. The maximum absolute atomic E-state index is 8.67. The van der Waals surface area contributed by atoms with Crippen molar-refractivity contribution in [3.05, 3.63) is 0 Å². The van der Waals surface area contributed by atoms with Crippen LogP contribution >= 0.6 is 12.6 Å². The Morgan fingerprint density at radius 1 is 0.487 bits per heavy atom. The first-order valence-corrected chi connectivity index (χ1v) is 13.1. The molecule has 3 unspecified atom stereocenters. The highest BCUT2D eigenvalue weighted by Gasteiger charge is 1.97. The van der Waals surface area contributed by atoms with Crippen molar-refractivity contribution in [1.82, 2.24) is 0 Å². The molecule has 0 aromatic carbocycles. The normalized spacial score (nSPS) is 10.2. The molecule has 260 valence electrons. The van der Waals surface area contributed by atoms with E-state index in [-0.39, 0.29) is 76.4 Å². The van der Waals surface area contributed by atoms with Crippen molar-refractivity contribution < 1.29 is 25.5 Å². The Morgan fingerprint density at radius 3 is 0.641 bits per heavy atom. The Labute approximate surface area is 260 Å². The highest BCUT2D eigenvalue weighted by Crippen LogP contribution is 1.96. The molecule has 0 aromatic heterocycles. The molecule has 0 aliphatic carbocycles. The minimum absolute atomic E-state index is 0. The highest BCUT2D eigenvalue weighted by molar-refractivity contribution is 7.80. The Hall–Kier alpha value is 0.150. The van der Waals surface area contributed by atoms with E-state index < -0.39 is 0 Å². The molecule has 0 aromatic rings. The second kappa shape index (κ2) is 71.4. The molecule has 5 nitrogen and oxygen atoms in total. The second-order valence-electron chi connectivity index (χ2n) is 9.12. The van der Waals surface area contributed by atoms with E-state index in [9.17, 15) is 0 Å². The molecule has 0 rings (SSSR count). The first-order valence-electron chi connectivity index (χ1n) is 12.5. The van der Waals surface area contributed by atoms with Gasteiger partial charge in [0.1, 0.15) is 0 Å². The number of thiol groups is 1. The monoisotopic (exact) mass is 601 g/mol. The molecule has 0 bridgehead atoms. The van der Waals surface area contributed by atoms with Crippen molar-refractivity contribution in [2.24, 2.45) is 17.8 Å². The molecule has 0 aliphatic rings. The van der Waals surface area contributed by atoms with E-state index in [1.165, 1.54) is 0 Å². The van der Waals surface area contributed by atoms with Gasteiger partial charge in [-0.1, -0.05) is 121 Å². The van der Waals surface area contributed by atoms with Gasteiger partial charge in [-0.05, 0) is 70.0 Å². The molecule has 0 heterocycles. The van der Waals surface area contributed by atoms with Gasteiger partial charge in [0.25, 0.3) is 0 Å². The van der Waals surface area contributed by atoms with E-state index in [2.05, 4.69) is 26.5 Å². The third kappa shape index (κ3) is 191. The van der Waals surface area contributed by atoms with Crippen LogP contribution < -0.4 is 0 Å². The van der Waals surface area contributed by atoms with Gasteiger partial charge < -0.3 is 25.5 Å². The Kier molecular flexibility index (Phi) is 153. The third-order valence-corrected chi connectivity index (χ3v) is 4.55. The van der Waals surface area contributed by atoms with Gasteiger partial charge in [0.05, 0.1) is 24.4 Å². The summed E-state index contributed by atoms with van der Waals surface area (Å²) in [6.45, 7) is 25.7. The minimum atomic E-state index is -0.148. The molecule has 6 heteroatoms. The fraction of sp³-hybridized carbons (Fsp3) is 1.00. The number of hydrogen-bond donors (Lipinski definition) is 6. The molecular formula is C33H92O5S. The average Bonchev–Trinajstić information content (AvgIpc) is 2.74. The topological polar surface area (TPSA) is 101 Å². The summed E-state index contributed by atoms with van der Waals surface area (Å²) < 4.78 is 0. The summed E-state index contributed by atoms with van der Waals surface area (Å²) in [7, 11) is 0. The highest BCUT2D eigenvalue weighted by atomic mass is 32.1. The van der Waals surface area contributed by atoms with Gasteiger partial charge in [-0.15, -0.1) is 0 Å². The van der Waals surface area contributed by atoms with E-state index in [0.29, 0.717) is 18.4 Å². The van der Waals surface area contributed by atoms with Crippen molar-refractivity contribution in [2.75, 3.05) is 12.4 Å². The van der Waals surface area contributed by atoms with E-state index in [1.807, 2.05) is 55.4 Å². The maximum Gasteiger partial charge on any atom is 0.0535 e. The molecule has 0 spiro atoms. The lowest BCUT2D eigenvalue weighted by atomic mass is 10.1. The molecular weight excluding hydrogens is 508 g/mol. The molecule has 0 saturated carbocycles. The fourth-order valence-corrected chi connectivity index (χ4v) is 0.289. The van der Waals surface area contributed by atoms with Crippen LogP contribution in [0.4, 0.5) is 0 Å². The predicted molar refractivity (Wildman–Crippen MR) is 195 cm³/mol. The summed E-state index contributed by atoms with van der Waals surface area (Å²) in [5.41, 5.74) is 0. The van der Waals surface area contributed by atoms with Crippen LogP contribution in [0.15, 0.2) is 0 Å². The van der Waals surface area contributed by atoms with Crippen LogP contribution in [-0.4, -0.2) is 62.3 Å². The van der Waals surface area contributed by atoms with Crippen LogP contribution in [0.3, 0.4) is 0 Å². The summed E-state index contributed by atoms with van der Waals surface area (Å²) in [4.78, 5) is 0. The summed E-state index contributed by atoms with van der Waals surface area (Å²) in [6, 6.07) is 0. The zero-order chi connectivity index (χ0) is 27.3. The number of rotatable bonds is 7. The van der Waals surface area contributed by atoms with Crippen molar-refractivity contribution in [3.8, 4) is 0 Å². The van der Waals surface area contributed by atoms with Crippen LogP contribution in [0.5, 0.6) is 0 Å². The lowest BCUT2D eigenvalue weighted by Gasteiger charge is -2.04. The van der Waals surface area contributed by atoms with Crippen LogP contribution in [0.1, 0.15) is 168 Å². The maximum atomic E-state index is 8.67. The average molecular weight is 601 g/mol. The van der Waals surface area contributed by atoms with Gasteiger partial charge in [-0.3, -0.25) is 0 Å². The summed E-state index contributed by atoms with van der Waals surface area (Å²) >= 11 is 4.02. The zero-order valence-electron chi connectivity index (χ0n) is 24.0. The summed E-state index contributed by atoms with van der Waals surface area (Å²) in [6.07, 6.45) is 3.05. The summed E-state index contributed by atoms with van der Waals surface area (Å²) in [5, 5.41) is 42.2. The summed E-state index contributed by atoms with van der Waals surface area (Å²) in [5.74, 6) is 2.60. The van der Waals surface area contributed by atoms with E-state index in [0.717, 1.165) is 37.4 Å². The van der Waals surface area contributed by atoms with Gasteiger partial charge in [-0.25, -0.2) is 0 Å². The molecule has 0 amide bonds. The standard InChI is InChI=1S/2C5H12O.3C4H10O.C4H10S.7CH4/c1-4(2)5(3)6;1-3-5(6)4-2;1-4(2)3-5;2*1-3-4(2)5;1-4(2)3-5;;;;;;;/h4-6H,1-3H3;5-6H,3-4H2,1-2H3;4*4-5H,3H2,1-2H3;7*1H4. The van der Waals surface area contributed by atoms with Gasteiger partial charge in [-0.2, -0.15) is 12.6 Å². The first kappa shape index (κ1) is 83.3. The van der Waals surface area contributed by atoms with Crippen LogP contribution in [0.2, 0.25) is 0 Å². The number of aliphatic hydroxyl groups excluding tert-OH is 5. The number of aliphatic hydroxyl groups is 5. The Balaban J connectivity index is -0.0000000183. The largest absolute Gasteiger partial charge is 0.396 e. The van der Waals surface area contributed by atoms with E-state index in [4.69, 9.17) is 25.5 Å². The fourth-order valence-electron chi connectivity index (χ4n) is 0.289. The lowest BCUT2D eigenvalue weighted by molar-refractivity contribution is 0.144. The Bertz CT molecular complexity index is 231. The predicted octanol–water partition coefficient (Wildman–Crippen LogP) is 10.4. The van der Waals surface area contributed by atoms with Crippen LogP contribution in [-0.2, 0) is 0 Å². The van der Waals surface area contributed by atoms with Crippen molar-refractivity contribution >= 4 is 12.6 Å². The molecule has 0 aliphatic heterocycles. The van der Waals surface area contributed by atoms with E-state index >= 15 is 0 Å². The molecule has 39 heavy (non-hydrogen) atoms. The molecule has 0 radical (unpaired) electrons. The lowest BCUT2D eigenvalue weighted by Crippen LogP contribution is -2.07. The SMILES string of the molecule is C.C.C.C.C.C.C.CC(C)C(C)O.CC(C)CO.CC(C)CS.CCC(C)O.CCC(C)O.CCC(O)CC. The van der Waals surface area contributed by atoms with Crippen LogP contribution in [0.25, 0.3) is 0 Å². The van der Waals surface area contributed by atoms with Crippen molar-refractivity contribution in [3.63, 3.8) is 0 Å².